The van der Waals surface area contributed by atoms with E-state index in [0.717, 1.165) is 0 Å². The number of rotatable bonds is 2. The third-order valence-corrected chi connectivity index (χ3v) is 3.77. The summed E-state index contributed by atoms with van der Waals surface area (Å²) in [7, 11) is 1.63. The molecule has 0 saturated carbocycles. The van der Waals surface area contributed by atoms with Crippen LogP contribution in [0.4, 0.5) is 24.8 Å². The first-order chi connectivity index (χ1) is 10.4. The summed E-state index contributed by atoms with van der Waals surface area (Å²) in [5.41, 5.74) is 0.821. The van der Waals surface area contributed by atoms with Gasteiger partial charge in [-0.15, -0.1) is 0 Å². The second-order valence-electron chi connectivity index (χ2n) is 4.47. The van der Waals surface area contributed by atoms with E-state index in [2.05, 4.69) is 15.1 Å². The second-order valence-corrected chi connectivity index (χ2v) is 5.63. The molecule has 0 N–H and O–H groups in total. The molecule has 0 aliphatic heterocycles. The number of hydrogen-bond donors (Lipinski definition) is 0. The molecule has 3 rings (SSSR count). The maximum atomic E-state index is 13.0. The van der Waals surface area contributed by atoms with Crippen molar-refractivity contribution < 1.29 is 13.2 Å². The first-order valence-corrected chi connectivity index (χ1v) is 7.23. The summed E-state index contributed by atoms with van der Waals surface area (Å²) in [6.45, 7) is 0. The molecule has 0 aliphatic carbocycles. The van der Waals surface area contributed by atoms with E-state index in [4.69, 9.17) is 0 Å². The summed E-state index contributed by atoms with van der Waals surface area (Å²) in [6, 6.07) is 8.96. The number of alkyl halides is 3. The Bertz CT molecular complexity index is 816. The minimum atomic E-state index is -4.62. The Morgan fingerprint density at radius 3 is 2.45 bits per heavy atom. The third-order valence-electron chi connectivity index (χ3n) is 3.00. The molecular formula is C13H9F3IN5. The van der Waals surface area contributed by atoms with Crippen molar-refractivity contribution >= 4 is 39.9 Å². The molecule has 2 aromatic heterocycles. The van der Waals surface area contributed by atoms with Crippen molar-refractivity contribution in [2.24, 2.45) is 0 Å². The molecule has 0 aliphatic rings. The van der Waals surface area contributed by atoms with Crippen LogP contribution in [0.1, 0.15) is 5.82 Å². The molecule has 3 aromatic rings. The lowest BCUT2D eigenvalue weighted by Crippen LogP contribution is -2.21. The lowest BCUT2D eigenvalue weighted by molar-refractivity contribution is -0.144. The largest absolute Gasteiger partial charge is 0.451 e. The Morgan fingerprint density at radius 1 is 1.14 bits per heavy atom. The van der Waals surface area contributed by atoms with Crippen molar-refractivity contribution in [1.29, 1.82) is 0 Å². The van der Waals surface area contributed by atoms with Gasteiger partial charge in [-0.05, 0) is 34.7 Å². The Balaban J connectivity index is 2.24. The molecule has 0 atom stereocenters. The molecule has 5 nitrogen and oxygen atoms in total. The first-order valence-electron chi connectivity index (χ1n) is 6.15. The minimum absolute atomic E-state index is 0.0476. The Labute approximate surface area is 136 Å². The van der Waals surface area contributed by atoms with E-state index in [-0.39, 0.29) is 11.6 Å². The molecule has 114 valence electrons. The predicted molar refractivity (Wildman–Crippen MR) is 83.0 cm³/mol. The number of para-hydroxylation sites is 1. The van der Waals surface area contributed by atoms with Gasteiger partial charge in [-0.2, -0.15) is 27.8 Å². The van der Waals surface area contributed by atoms with Crippen molar-refractivity contribution in [2.75, 3.05) is 11.9 Å². The van der Waals surface area contributed by atoms with Gasteiger partial charge in [0, 0.05) is 12.7 Å². The Hall–Kier alpha value is -1.91. The van der Waals surface area contributed by atoms with Crippen LogP contribution in [0, 0.1) is 3.57 Å². The van der Waals surface area contributed by atoms with E-state index in [9.17, 15) is 13.2 Å². The zero-order valence-electron chi connectivity index (χ0n) is 11.2. The van der Waals surface area contributed by atoms with Gasteiger partial charge in [-0.25, -0.2) is 4.98 Å². The molecule has 1 aromatic carbocycles. The van der Waals surface area contributed by atoms with E-state index < -0.39 is 12.0 Å². The fourth-order valence-corrected chi connectivity index (χ4v) is 2.42. The highest BCUT2D eigenvalue weighted by Crippen LogP contribution is 2.30. The highest BCUT2D eigenvalue weighted by atomic mass is 127. The summed E-state index contributed by atoms with van der Waals surface area (Å²) in [5.74, 6) is -1.14. The SMILES string of the molecule is CN(c1ccccc1)c1nc(C(F)(F)F)nc2c(I)cnn12. The van der Waals surface area contributed by atoms with Gasteiger partial charge in [0.15, 0.2) is 5.65 Å². The van der Waals surface area contributed by atoms with Gasteiger partial charge in [0.25, 0.3) is 0 Å². The fourth-order valence-electron chi connectivity index (χ4n) is 1.95. The predicted octanol–water partition coefficient (Wildman–Crippen LogP) is 3.52. The molecule has 0 saturated heterocycles. The van der Waals surface area contributed by atoms with Crippen LogP contribution < -0.4 is 4.90 Å². The van der Waals surface area contributed by atoms with Crippen LogP contribution in [0.25, 0.3) is 5.65 Å². The van der Waals surface area contributed by atoms with Crippen molar-refractivity contribution in [3.8, 4) is 0 Å². The van der Waals surface area contributed by atoms with Crippen LogP contribution in [0.2, 0.25) is 0 Å². The van der Waals surface area contributed by atoms with Gasteiger partial charge in [-0.1, -0.05) is 18.2 Å². The lowest BCUT2D eigenvalue weighted by Gasteiger charge is -2.19. The molecule has 0 unspecified atom stereocenters. The summed E-state index contributed by atoms with van der Waals surface area (Å²) in [5, 5.41) is 4.06. The lowest BCUT2D eigenvalue weighted by atomic mass is 10.3. The maximum Gasteiger partial charge on any atom is 0.451 e. The smallest absolute Gasteiger partial charge is 0.313 e. The first kappa shape index (κ1) is 15.0. The number of anilines is 2. The number of benzene rings is 1. The Morgan fingerprint density at radius 2 is 1.82 bits per heavy atom. The van der Waals surface area contributed by atoms with Gasteiger partial charge >= 0.3 is 6.18 Å². The van der Waals surface area contributed by atoms with Crippen molar-refractivity contribution in [3.63, 3.8) is 0 Å². The van der Waals surface area contributed by atoms with Crippen molar-refractivity contribution in [3.05, 3.63) is 45.9 Å². The topological polar surface area (TPSA) is 46.3 Å². The molecule has 0 bridgehead atoms. The van der Waals surface area contributed by atoms with Crippen molar-refractivity contribution in [2.45, 2.75) is 6.18 Å². The average Bonchev–Trinajstić information content (AvgIpc) is 2.87. The molecule has 0 spiro atoms. The van der Waals surface area contributed by atoms with Gasteiger partial charge in [0.05, 0.1) is 9.77 Å². The molecule has 2 heterocycles. The molecule has 9 heteroatoms. The second kappa shape index (κ2) is 5.38. The number of halogens is 4. The monoisotopic (exact) mass is 419 g/mol. The molecule has 22 heavy (non-hydrogen) atoms. The summed E-state index contributed by atoms with van der Waals surface area (Å²) >= 11 is 1.89. The summed E-state index contributed by atoms with van der Waals surface area (Å²) in [4.78, 5) is 8.76. The zero-order chi connectivity index (χ0) is 15.9. The fraction of sp³-hybridized carbons (Fsp3) is 0.154. The van der Waals surface area contributed by atoms with Crippen LogP contribution in [-0.4, -0.2) is 26.6 Å². The normalized spacial score (nSPS) is 11.9. The van der Waals surface area contributed by atoms with E-state index >= 15 is 0 Å². The standard InChI is InChI=1S/C13H9F3IN5/c1-21(8-5-3-2-4-6-8)12-20-11(13(14,15)16)19-10-9(17)7-18-22(10)12/h2-7H,1H3. The van der Waals surface area contributed by atoms with Gasteiger partial charge in [-0.3, -0.25) is 0 Å². The van der Waals surface area contributed by atoms with Crippen LogP contribution in [0.5, 0.6) is 0 Å². The van der Waals surface area contributed by atoms with Gasteiger partial charge in [0.2, 0.25) is 11.8 Å². The summed E-state index contributed by atoms with van der Waals surface area (Å²) < 4.78 is 40.9. The van der Waals surface area contributed by atoms with Crippen LogP contribution in [0.3, 0.4) is 0 Å². The van der Waals surface area contributed by atoms with Crippen LogP contribution in [-0.2, 0) is 6.18 Å². The van der Waals surface area contributed by atoms with Crippen LogP contribution in [0.15, 0.2) is 36.5 Å². The maximum absolute atomic E-state index is 13.0. The van der Waals surface area contributed by atoms with Crippen molar-refractivity contribution in [1.82, 2.24) is 19.6 Å². The number of aromatic nitrogens is 4. The number of fused-ring (bicyclic) bond motifs is 1. The minimum Gasteiger partial charge on any atom is -0.313 e. The molecule has 0 radical (unpaired) electrons. The van der Waals surface area contributed by atoms with Crippen LogP contribution >= 0.6 is 22.6 Å². The molecular weight excluding hydrogens is 410 g/mol. The average molecular weight is 419 g/mol. The summed E-state index contributed by atoms with van der Waals surface area (Å²) in [6.07, 6.45) is -3.17. The Kier molecular flexibility index (Phi) is 3.67. The van der Waals surface area contributed by atoms with Gasteiger partial charge < -0.3 is 4.90 Å². The number of nitrogens with zero attached hydrogens (tertiary/aromatic N) is 5. The van der Waals surface area contributed by atoms with E-state index in [0.29, 0.717) is 9.26 Å². The third kappa shape index (κ3) is 2.60. The molecule has 0 amide bonds. The highest BCUT2D eigenvalue weighted by molar-refractivity contribution is 14.1. The zero-order valence-corrected chi connectivity index (χ0v) is 13.4. The highest BCUT2D eigenvalue weighted by Gasteiger charge is 2.36. The van der Waals surface area contributed by atoms with Gasteiger partial charge in [0.1, 0.15) is 0 Å². The van der Waals surface area contributed by atoms with E-state index in [1.54, 1.807) is 31.3 Å². The quantitative estimate of drug-likeness (QED) is 0.597. The number of hydrogen-bond acceptors (Lipinski definition) is 4. The molecule has 0 fully saturated rings. The van der Waals surface area contributed by atoms with E-state index in [1.807, 2.05) is 28.7 Å². The van der Waals surface area contributed by atoms with E-state index in [1.165, 1.54) is 15.6 Å².